The van der Waals surface area contributed by atoms with Crippen LogP contribution in [0.25, 0.3) is 10.8 Å². The Labute approximate surface area is 368 Å². The number of nitrogens with one attached hydrogen (secondary N) is 3. The topological polar surface area (TPSA) is 200 Å². The molecule has 4 aromatic rings. The average Bonchev–Trinajstić information content (AvgIpc) is 3.26. The normalized spacial score (nSPS) is 12.9. The highest BCUT2D eigenvalue weighted by Gasteiger charge is 2.33. The Morgan fingerprint density at radius 2 is 1.37 bits per heavy atom. The number of ketones is 3. The summed E-state index contributed by atoms with van der Waals surface area (Å²) in [6.45, 7) is 10.4. The first kappa shape index (κ1) is 48.9. The van der Waals surface area contributed by atoms with E-state index in [0.717, 1.165) is 27.5 Å². The zero-order valence-electron chi connectivity index (χ0n) is 36.0. The number of carbonyl (C=O) groups excluding carboxylic acids is 7. The third-order valence-electron chi connectivity index (χ3n) is 10.2. The smallest absolute Gasteiger partial charge is 0.290 e. The van der Waals surface area contributed by atoms with E-state index in [2.05, 4.69) is 29.1 Å². The van der Waals surface area contributed by atoms with Crippen molar-refractivity contribution in [2.24, 2.45) is 23.5 Å². The fourth-order valence-electron chi connectivity index (χ4n) is 7.06. The van der Waals surface area contributed by atoms with Crippen molar-refractivity contribution < 1.29 is 43.0 Å². The Morgan fingerprint density at radius 3 is 2.03 bits per heavy atom. The summed E-state index contributed by atoms with van der Waals surface area (Å²) in [6, 6.07) is 27.1. The minimum atomic E-state index is -1.48. The Kier molecular flexibility index (Phi) is 19.6. The van der Waals surface area contributed by atoms with E-state index in [1.54, 1.807) is 30.3 Å². The first-order chi connectivity index (χ1) is 30.3. The van der Waals surface area contributed by atoms with Gasteiger partial charge in [-0.05, 0) is 64.8 Å². The van der Waals surface area contributed by atoms with Crippen molar-refractivity contribution in [2.45, 2.75) is 64.5 Å². The van der Waals surface area contributed by atoms with Crippen LogP contribution in [-0.4, -0.2) is 79.4 Å². The lowest BCUT2D eigenvalue weighted by Gasteiger charge is -2.25. The fraction of sp³-hybridized carbons (Fsp3) is 0.340. The second-order valence-corrected chi connectivity index (χ2v) is 15.9. The van der Waals surface area contributed by atoms with Crippen molar-refractivity contribution in [3.8, 4) is 5.75 Å². The highest BCUT2D eigenvalue weighted by Crippen LogP contribution is 2.22. The quantitative estimate of drug-likeness (QED) is 0.0346. The third kappa shape index (κ3) is 16.6. The summed E-state index contributed by atoms with van der Waals surface area (Å²) in [5.74, 6) is -6.15. The van der Waals surface area contributed by atoms with Gasteiger partial charge in [-0.15, -0.1) is 6.58 Å². The number of fused-ring (bicyclic) bond motifs is 1. The molecule has 13 heteroatoms. The molecule has 4 amide bonds. The Morgan fingerprint density at radius 1 is 0.698 bits per heavy atom. The van der Waals surface area contributed by atoms with E-state index < -0.39 is 72.1 Å². The van der Waals surface area contributed by atoms with Crippen LogP contribution in [0.5, 0.6) is 5.75 Å². The molecule has 5 N–H and O–H groups in total. The van der Waals surface area contributed by atoms with Gasteiger partial charge in [-0.3, -0.25) is 33.6 Å². The fourth-order valence-corrected chi connectivity index (χ4v) is 7.06. The molecule has 0 saturated heterocycles. The molecule has 0 bridgehead atoms. The van der Waals surface area contributed by atoms with Crippen molar-refractivity contribution >= 4 is 51.8 Å². The third-order valence-corrected chi connectivity index (χ3v) is 10.2. The molecule has 0 aliphatic rings. The summed E-state index contributed by atoms with van der Waals surface area (Å²) in [6.07, 6.45) is 3.12. The lowest BCUT2D eigenvalue weighted by atomic mass is 9.88. The summed E-state index contributed by atoms with van der Waals surface area (Å²) in [4.78, 5) is 93.5. The molecule has 4 aromatic carbocycles. The van der Waals surface area contributed by atoms with Crippen LogP contribution in [0.4, 0.5) is 0 Å². The predicted molar refractivity (Wildman–Crippen MR) is 241 cm³/mol. The van der Waals surface area contributed by atoms with Gasteiger partial charge in [-0.25, -0.2) is 0 Å². The molecule has 0 heterocycles. The van der Waals surface area contributed by atoms with Gasteiger partial charge in [0.15, 0.2) is 11.6 Å². The molecule has 0 fully saturated rings. The second kappa shape index (κ2) is 25.3. The molecule has 0 spiro atoms. The van der Waals surface area contributed by atoms with Crippen LogP contribution in [0.2, 0.25) is 0 Å². The van der Waals surface area contributed by atoms with Crippen LogP contribution in [0.15, 0.2) is 122 Å². The summed E-state index contributed by atoms with van der Waals surface area (Å²) < 4.78 is 11.1. The highest BCUT2D eigenvalue weighted by molar-refractivity contribution is 6.38. The van der Waals surface area contributed by atoms with Crippen LogP contribution in [0.1, 0.15) is 49.8 Å². The number of Topliss-reactive ketones (excluding diaryl/α,β-unsaturated/α-hetero) is 3. The number of primary amides is 1. The van der Waals surface area contributed by atoms with E-state index in [0.29, 0.717) is 12.4 Å². The largest absolute Gasteiger partial charge is 0.490 e. The van der Waals surface area contributed by atoms with Crippen molar-refractivity contribution in [3.05, 3.63) is 139 Å². The molecule has 4 atom stereocenters. The monoisotopic (exact) mass is 858 g/mol. The maximum absolute atomic E-state index is 14.1. The molecule has 0 aliphatic carbocycles. The van der Waals surface area contributed by atoms with Crippen molar-refractivity contribution in [2.75, 3.05) is 26.4 Å². The number of benzene rings is 4. The highest BCUT2D eigenvalue weighted by atomic mass is 16.5. The number of rotatable bonds is 28. The average molecular weight is 859 g/mol. The summed E-state index contributed by atoms with van der Waals surface area (Å²) in [5, 5.41) is 9.79. The van der Waals surface area contributed by atoms with Crippen LogP contribution < -0.4 is 26.4 Å². The molecule has 13 nitrogen and oxygen atoms in total. The maximum atomic E-state index is 14.1. The van der Waals surface area contributed by atoms with Gasteiger partial charge in [0.2, 0.25) is 23.5 Å². The van der Waals surface area contributed by atoms with E-state index in [4.69, 9.17) is 15.2 Å². The molecule has 4 rings (SSSR count). The van der Waals surface area contributed by atoms with Gasteiger partial charge in [-0.1, -0.05) is 118 Å². The number of amides is 4. The van der Waals surface area contributed by atoms with Gasteiger partial charge >= 0.3 is 0 Å². The molecule has 0 aliphatic heterocycles. The van der Waals surface area contributed by atoms with E-state index in [-0.39, 0.29) is 57.0 Å². The predicted octanol–water partition coefficient (Wildman–Crippen LogP) is 4.97. The van der Waals surface area contributed by atoms with Gasteiger partial charge in [0.1, 0.15) is 18.4 Å². The number of ether oxygens (including phenoxy) is 2. The minimum absolute atomic E-state index is 0.00506. The number of carbonyl (C=O) groups is 7. The van der Waals surface area contributed by atoms with Crippen LogP contribution in [0, 0.1) is 17.8 Å². The zero-order chi connectivity index (χ0) is 45.7. The molecule has 1 unspecified atom stereocenters. The Hall–Kier alpha value is -6.73. The molecular formula is C50H58N4O9. The van der Waals surface area contributed by atoms with Crippen LogP contribution in [0.3, 0.4) is 0 Å². The van der Waals surface area contributed by atoms with Gasteiger partial charge in [0, 0.05) is 24.7 Å². The SMILES string of the molecule is C=CCOCC(NC(=O)[C@@H](CC(=O)[C@H](Cc1ccc(OCC=C)cc1)NC(=O)Cc1ccccc1)CC(C)C)C(=O)C(=O)NCC(=O)C[C@@H](Cc1ccc2ccccc2c1)C(N)=O. The second-order valence-electron chi connectivity index (χ2n) is 15.9. The summed E-state index contributed by atoms with van der Waals surface area (Å²) in [7, 11) is 0. The van der Waals surface area contributed by atoms with Gasteiger partial charge in [-0.2, -0.15) is 0 Å². The lowest BCUT2D eigenvalue weighted by Crippen LogP contribution is -2.52. The molecule has 332 valence electrons. The van der Waals surface area contributed by atoms with Crippen molar-refractivity contribution in [3.63, 3.8) is 0 Å². The standard InChI is InChI=1S/C50H58N4O9/c1-5-22-62-32-44(47(58)50(61)52-31-41(55)29-39(48(51)59)26-36-16-19-37-14-10-11-15-38(37)25-36)54-49(60)40(24-33(3)4)30-45(56)43(53-46(57)28-34-12-8-7-9-13-34)27-35-17-20-42(21-18-35)63-23-6-2/h5-21,25,33,39-40,43-44H,1-2,22-24,26-32H2,3-4H3,(H2,51,59)(H,52,61)(H,53,57)(H,54,60)/t39-,40-,43+,44?/m1/s1. The molecule has 0 aromatic heterocycles. The van der Waals surface area contributed by atoms with Gasteiger partial charge in [0.25, 0.3) is 5.91 Å². The first-order valence-electron chi connectivity index (χ1n) is 21.0. The summed E-state index contributed by atoms with van der Waals surface area (Å²) in [5.41, 5.74) is 7.97. The Balaban J connectivity index is 1.44. The molecule has 0 radical (unpaired) electrons. The lowest BCUT2D eigenvalue weighted by molar-refractivity contribution is -0.142. The van der Waals surface area contributed by atoms with Crippen molar-refractivity contribution in [1.29, 1.82) is 0 Å². The van der Waals surface area contributed by atoms with Crippen LogP contribution in [-0.2, 0) is 57.6 Å². The Bertz CT molecular complexity index is 2220. The minimum Gasteiger partial charge on any atom is -0.490 e. The van der Waals surface area contributed by atoms with E-state index in [1.807, 2.05) is 86.6 Å². The molecule has 0 saturated carbocycles. The molecular weight excluding hydrogens is 801 g/mol. The number of hydrogen-bond donors (Lipinski definition) is 4. The van der Waals surface area contributed by atoms with E-state index >= 15 is 0 Å². The number of nitrogens with two attached hydrogens (primary N) is 1. The van der Waals surface area contributed by atoms with Crippen LogP contribution >= 0.6 is 0 Å². The first-order valence-corrected chi connectivity index (χ1v) is 21.0. The number of hydrogen-bond acceptors (Lipinski definition) is 9. The van der Waals surface area contributed by atoms with Crippen molar-refractivity contribution in [1.82, 2.24) is 16.0 Å². The van der Waals surface area contributed by atoms with Gasteiger partial charge in [0.05, 0.1) is 32.2 Å². The summed E-state index contributed by atoms with van der Waals surface area (Å²) >= 11 is 0. The van der Waals surface area contributed by atoms with E-state index in [9.17, 15) is 33.6 Å². The maximum Gasteiger partial charge on any atom is 0.290 e. The molecule has 63 heavy (non-hydrogen) atoms. The zero-order valence-corrected chi connectivity index (χ0v) is 36.0. The van der Waals surface area contributed by atoms with E-state index in [1.165, 1.54) is 6.08 Å². The van der Waals surface area contributed by atoms with Gasteiger partial charge < -0.3 is 31.2 Å².